The van der Waals surface area contributed by atoms with Gasteiger partial charge < -0.3 is 14.5 Å². The van der Waals surface area contributed by atoms with E-state index >= 15 is 0 Å². The molecular formula is C45H29N5. The molecule has 0 bridgehead atoms. The molecule has 1 N–H and O–H groups in total. The Morgan fingerprint density at radius 2 is 1.18 bits per heavy atom. The molecule has 7 aromatic carbocycles. The van der Waals surface area contributed by atoms with Gasteiger partial charge in [-0.1, -0.05) is 84.9 Å². The molecule has 0 fully saturated rings. The Bertz CT molecular complexity index is 2820. The molecule has 2 aromatic heterocycles. The number of nitrogens with zero attached hydrogens (tertiary/aromatic N) is 4. The highest BCUT2D eigenvalue weighted by molar-refractivity contribution is 6.11. The molecule has 0 unspecified atom stereocenters. The van der Waals surface area contributed by atoms with Gasteiger partial charge in [0.05, 0.1) is 46.0 Å². The average Bonchev–Trinajstić information content (AvgIpc) is 3.69. The first-order chi connectivity index (χ1) is 24.7. The Hall–Kier alpha value is -7.08. The molecule has 5 nitrogen and oxygen atoms in total. The molecule has 0 aliphatic rings. The number of hydrogen-bond acceptors (Lipinski definition) is 2. The van der Waals surface area contributed by atoms with Crippen LogP contribution in [0.5, 0.6) is 0 Å². The van der Waals surface area contributed by atoms with Gasteiger partial charge in [-0.25, -0.2) is 4.85 Å². The summed E-state index contributed by atoms with van der Waals surface area (Å²) in [5.41, 5.74) is 12.6. The van der Waals surface area contributed by atoms with Crippen LogP contribution in [-0.2, 0) is 0 Å². The van der Waals surface area contributed by atoms with Gasteiger partial charge in [0.15, 0.2) is 5.69 Å². The van der Waals surface area contributed by atoms with Crippen molar-refractivity contribution in [2.75, 3.05) is 12.4 Å². The minimum absolute atomic E-state index is 0.591. The fourth-order valence-corrected chi connectivity index (χ4v) is 7.44. The standard InChI is InChI=1S/C45H29N5/c1-47-32-19-24-45-39(27-32)38-25-29(28-46)15-23-44(38)50(45)43-14-8-5-11-36(43)37-26-31(18-22-40(37)48-2)30-16-20-33(21-17-30)49-41-12-6-3-9-34(41)35-10-4-7-13-42(35)49/h3-27,47H,1H3. The van der Waals surface area contributed by atoms with Gasteiger partial charge in [0.25, 0.3) is 0 Å². The zero-order valence-electron chi connectivity index (χ0n) is 27.2. The highest BCUT2D eigenvalue weighted by Crippen LogP contribution is 2.42. The fourth-order valence-electron chi connectivity index (χ4n) is 7.44. The van der Waals surface area contributed by atoms with Crippen molar-refractivity contribution in [3.8, 4) is 39.7 Å². The average molecular weight is 640 g/mol. The number of nitriles is 1. The van der Waals surface area contributed by atoms with Crippen LogP contribution >= 0.6 is 0 Å². The van der Waals surface area contributed by atoms with Gasteiger partial charge in [0, 0.05) is 40.0 Å². The first-order valence-electron chi connectivity index (χ1n) is 16.5. The molecule has 50 heavy (non-hydrogen) atoms. The number of hydrogen-bond donors (Lipinski definition) is 1. The molecule has 5 heteroatoms. The molecule has 9 rings (SSSR count). The lowest BCUT2D eigenvalue weighted by atomic mass is 9.96. The van der Waals surface area contributed by atoms with Crippen molar-refractivity contribution in [2.45, 2.75) is 0 Å². The maximum Gasteiger partial charge on any atom is 0.195 e. The summed E-state index contributed by atoms with van der Waals surface area (Å²) in [5.74, 6) is 0. The summed E-state index contributed by atoms with van der Waals surface area (Å²) in [7, 11) is 1.91. The molecule has 0 aliphatic carbocycles. The third-order valence-electron chi connectivity index (χ3n) is 9.77. The second-order valence-corrected chi connectivity index (χ2v) is 12.4. The number of aromatic nitrogens is 2. The smallest absolute Gasteiger partial charge is 0.195 e. The molecule has 0 saturated heterocycles. The van der Waals surface area contributed by atoms with Crippen molar-refractivity contribution < 1.29 is 0 Å². The minimum Gasteiger partial charge on any atom is -0.388 e. The zero-order valence-corrected chi connectivity index (χ0v) is 27.2. The van der Waals surface area contributed by atoms with E-state index < -0.39 is 0 Å². The van der Waals surface area contributed by atoms with E-state index in [1.54, 1.807) is 0 Å². The fraction of sp³-hybridized carbons (Fsp3) is 0.0222. The first-order valence-corrected chi connectivity index (χ1v) is 16.5. The molecule has 0 saturated carbocycles. The minimum atomic E-state index is 0.591. The van der Waals surface area contributed by atoms with Crippen LogP contribution in [0, 0.1) is 17.9 Å². The third kappa shape index (κ3) is 4.46. The molecule has 234 valence electrons. The monoisotopic (exact) mass is 639 g/mol. The van der Waals surface area contributed by atoms with Gasteiger partial charge in [-0.3, -0.25) is 0 Å². The van der Waals surface area contributed by atoms with Crippen LogP contribution in [0.3, 0.4) is 0 Å². The van der Waals surface area contributed by atoms with Crippen LogP contribution in [0.15, 0.2) is 152 Å². The van der Waals surface area contributed by atoms with Crippen molar-refractivity contribution in [1.29, 1.82) is 5.26 Å². The lowest BCUT2D eigenvalue weighted by molar-refractivity contribution is 1.18. The summed E-state index contributed by atoms with van der Waals surface area (Å²) in [4.78, 5) is 3.97. The van der Waals surface area contributed by atoms with Crippen molar-refractivity contribution >= 4 is 55.0 Å². The molecule has 0 atom stereocenters. The van der Waals surface area contributed by atoms with Gasteiger partial charge in [-0.15, -0.1) is 0 Å². The van der Waals surface area contributed by atoms with Crippen molar-refractivity contribution in [1.82, 2.24) is 9.13 Å². The van der Waals surface area contributed by atoms with Crippen LogP contribution in [0.1, 0.15) is 5.56 Å². The Morgan fingerprint density at radius 1 is 0.560 bits per heavy atom. The van der Waals surface area contributed by atoms with Crippen LogP contribution in [0.2, 0.25) is 0 Å². The van der Waals surface area contributed by atoms with E-state index in [-0.39, 0.29) is 0 Å². The Balaban J connectivity index is 1.19. The summed E-state index contributed by atoms with van der Waals surface area (Å²) < 4.78 is 4.57. The highest BCUT2D eigenvalue weighted by Gasteiger charge is 2.19. The largest absolute Gasteiger partial charge is 0.388 e. The SMILES string of the molecule is [C-]#[N+]c1ccc(-c2ccc(-n3c4ccccc4c4ccccc43)cc2)cc1-c1ccccc1-n1c2ccc(C#N)cc2c2cc(NC)ccc21. The highest BCUT2D eigenvalue weighted by atomic mass is 15.0. The number of benzene rings is 7. The second-order valence-electron chi connectivity index (χ2n) is 12.4. The van der Waals surface area contributed by atoms with E-state index in [1.807, 2.05) is 49.5 Å². The van der Waals surface area contributed by atoms with Gasteiger partial charge in [-0.05, 0) is 89.0 Å². The van der Waals surface area contributed by atoms with Crippen LogP contribution < -0.4 is 5.32 Å². The number of nitrogens with one attached hydrogen (secondary N) is 1. The van der Waals surface area contributed by atoms with Crippen molar-refractivity contribution in [3.63, 3.8) is 0 Å². The molecule has 0 aliphatic heterocycles. The molecule has 0 radical (unpaired) electrons. The van der Waals surface area contributed by atoms with Gasteiger partial charge in [0.2, 0.25) is 0 Å². The lowest BCUT2D eigenvalue weighted by Crippen LogP contribution is -1.98. The normalized spacial score (nSPS) is 11.3. The van der Waals surface area contributed by atoms with E-state index in [2.05, 4.69) is 135 Å². The number of anilines is 1. The molecule has 0 amide bonds. The molecule has 2 heterocycles. The quantitative estimate of drug-likeness (QED) is 0.191. The second kappa shape index (κ2) is 11.6. The maximum absolute atomic E-state index is 9.71. The Morgan fingerprint density at radius 3 is 1.88 bits per heavy atom. The predicted octanol–water partition coefficient (Wildman–Crippen LogP) is 11.7. The van der Waals surface area contributed by atoms with Gasteiger partial charge in [0.1, 0.15) is 0 Å². The summed E-state index contributed by atoms with van der Waals surface area (Å²) in [6.45, 7) is 8.12. The summed E-state index contributed by atoms with van der Waals surface area (Å²) in [6, 6.07) is 54.6. The predicted molar refractivity (Wildman–Crippen MR) is 207 cm³/mol. The van der Waals surface area contributed by atoms with Crippen LogP contribution in [0.4, 0.5) is 11.4 Å². The van der Waals surface area contributed by atoms with E-state index in [1.165, 1.54) is 21.8 Å². The van der Waals surface area contributed by atoms with Crippen LogP contribution in [-0.4, -0.2) is 16.2 Å². The summed E-state index contributed by atoms with van der Waals surface area (Å²) in [5, 5.41) is 17.5. The molecule has 0 spiro atoms. The number of fused-ring (bicyclic) bond motifs is 6. The van der Waals surface area contributed by atoms with Crippen LogP contribution in [0.25, 0.3) is 82.1 Å². The van der Waals surface area contributed by atoms with E-state index in [4.69, 9.17) is 6.57 Å². The molecular weight excluding hydrogens is 611 g/mol. The number of rotatable bonds is 5. The first kappa shape index (κ1) is 29.1. The van der Waals surface area contributed by atoms with E-state index in [0.29, 0.717) is 11.3 Å². The third-order valence-corrected chi connectivity index (χ3v) is 9.77. The number of para-hydroxylation sites is 3. The molecule has 9 aromatic rings. The van der Waals surface area contributed by atoms with E-state index in [0.717, 1.165) is 61.1 Å². The van der Waals surface area contributed by atoms with E-state index in [9.17, 15) is 5.26 Å². The Labute approximate surface area is 289 Å². The summed E-state index contributed by atoms with van der Waals surface area (Å²) >= 11 is 0. The lowest BCUT2D eigenvalue weighted by Gasteiger charge is -2.16. The van der Waals surface area contributed by atoms with Gasteiger partial charge in [-0.2, -0.15) is 5.26 Å². The topological polar surface area (TPSA) is 50.0 Å². The summed E-state index contributed by atoms with van der Waals surface area (Å²) in [6.07, 6.45) is 0. The van der Waals surface area contributed by atoms with Crippen molar-refractivity contribution in [2.24, 2.45) is 0 Å². The Kier molecular flexibility index (Phi) is 6.73. The zero-order chi connectivity index (χ0) is 33.8. The van der Waals surface area contributed by atoms with Gasteiger partial charge >= 0.3 is 0 Å². The van der Waals surface area contributed by atoms with Crippen molar-refractivity contribution in [3.05, 3.63) is 169 Å². The maximum atomic E-state index is 9.71.